The van der Waals surface area contributed by atoms with Crippen LogP contribution in [-0.2, 0) is 22.4 Å². The minimum Gasteiger partial charge on any atom is -0.497 e. The smallest absolute Gasteiger partial charge is 0.227 e. The molecule has 3 rings (SSSR count). The zero-order valence-electron chi connectivity index (χ0n) is 15.9. The molecule has 2 amide bonds. The summed E-state index contributed by atoms with van der Waals surface area (Å²) < 4.78 is 5.14. The minimum atomic E-state index is -0.292. The maximum atomic E-state index is 12.4. The third-order valence-corrected chi connectivity index (χ3v) is 5.02. The molecular formula is C22H26N2O3. The molecule has 5 heteroatoms. The van der Waals surface area contributed by atoms with Gasteiger partial charge in [0.2, 0.25) is 11.8 Å². The Morgan fingerprint density at radius 1 is 1.11 bits per heavy atom. The van der Waals surface area contributed by atoms with Gasteiger partial charge >= 0.3 is 0 Å². The van der Waals surface area contributed by atoms with Gasteiger partial charge in [0.05, 0.1) is 13.0 Å². The summed E-state index contributed by atoms with van der Waals surface area (Å²) in [4.78, 5) is 26.5. The molecule has 1 aliphatic heterocycles. The Hall–Kier alpha value is -2.82. The van der Waals surface area contributed by atoms with Gasteiger partial charge in [-0.1, -0.05) is 31.2 Å². The largest absolute Gasteiger partial charge is 0.497 e. The fraction of sp³-hybridized carbons (Fsp3) is 0.364. The van der Waals surface area contributed by atoms with Crippen LogP contribution in [0.4, 0.5) is 5.69 Å². The summed E-state index contributed by atoms with van der Waals surface area (Å²) in [6, 6.07) is 15.8. The molecule has 1 N–H and O–H groups in total. The molecule has 0 bridgehead atoms. The molecule has 0 aromatic heterocycles. The molecule has 0 unspecified atom stereocenters. The van der Waals surface area contributed by atoms with E-state index in [0.717, 1.165) is 29.8 Å². The van der Waals surface area contributed by atoms with Crippen LogP contribution in [0.15, 0.2) is 48.5 Å². The molecule has 1 saturated heterocycles. The van der Waals surface area contributed by atoms with E-state index in [1.54, 1.807) is 12.0 Å². The van der Waals surface area contributed by atoms with Crippen molar-refractivity contribution in [2.45, 2.75) is 26.2 Å². The highest BCUT2D eigenvalue weighted by Gasteiger charge is 2.34. The molecular weight excluding hydrogens is 340 g/mol. The van der Waals surface area contributed by atoms with Crippen LogP contribution >= 0.6 is 0 Å². The van der Waals surface area contributed by atoms with E-state index in [9.17, 15) is 9.59 Å². The number of ether oxygens (including phenoxy) is 1. The van der Waals surface area contributed by atoms with Crippen LogP contribution in [-0.4, -0.2) is 32.0 Å². The molecule has 0 saturated carbocycles. The maximum Gasteiger partial charge on any atom is 0.227 e. The summed E-state index contributed by atoms with van der Waals surface area (Å²) in [6.45, 7) is 3.10. The summed E-state index contributed by atoms with van der Waals surface area (Å²) in [7, 11) is 1.64. The highest BCUT2D eigenvalue weighted by molar-refractivity contribution is 6.00. The molecule has 142 valence electrons. The number of carbonyl (C=O) groups excluding carboxylic acids is 2. The van der Waals surface area contributed by atoms with E-state index in [2.05, 4.69) is 12.2 Å². The van der Waals surface area contributed by atoms with Crippen molar-refractivity contribution in [1.29, 1.82) is 0 Å². The Morgan fingerprint density at radius 3 is 2.41 bits per heavy atom. The summed E-state index contributed by atoms with van der Waals surface area (Å²) in [5, 5.41) is 2.96. The average molecular weight is 366 g/mol. The first kappa shape index (κ1) is 19.0. The van der Waals surface area contributed by atoms with Crippen molar-refractivity contribution in [3.05, 3.63) is 59.7 Å². The first-order valence-electron chi connectivity index (χ1n) is 9.40. The van der Waals surface area contributed by atoms with Gasteiger partial charge in [0.25, 0.3) is 0 Å². The summed E-state index contributed by atoms with van der Waals surface area (Å²) in [6.07, 6.45) is 1.98. The second-order valence-corrected chi connectivity index (χ2v) is 6.81. The van der Waals surface area contributed by atoms with Gasteiger partial charge in [0.15, 0.2) is 0 Å². The molecule has 2 aromatic rings. The fourth-order valence-corrected chi connectivity index (χ4v) is 3.31. The summed E-state index contributed by atoms with van der Waals surface area (Å²) >= 11 is 0. The number of nitrogens with zero attached hydrogens (tertiary/aromatic N) is 1. The van der Waals surface area contributed by atoms with Crippen LogP contribution in [0.25, 0.3) is 0 Å². The van der Waals surface area contributed by atoms with Crippen LogP contribution in [0.3, 0.4) is 0 Å². The van der Waals surface area contributed by atoms with E-state index in [1.807, 2.05) is 48.5 Å². The number of aryl methyl sites for hydroxylation is 1. The van der Waals surface area contributed by atoms with Gasteiger partial charge in [0.1, 0.15) is 5.75 Å². The molecule has 1 aliphatic rings. The van der Waals surface area contributed by atoms with Gasteiger partial charge in [-0.25, -0.2) is 0 Å². The first-order chi connectivity index (χ1) is 13.1. The Morgan fingerprint density at radius 2 is 1.78 bits per heavy atom. The normalized spacial score (nSPS) is 16.4. The van der Waals surface area contributed by atoms with Crippen molar-refractivity contribution < 1.29 is 14.3 Å². The zero-order chi connectivity index (χ0) is 19.2. The van der Waals surface area contributed by atoms with Crippen molar-refractivity contribution in [1.82, 2.24) is 5.32 Å². The number of anilines is 1. The van der Waals surface area contributed by atoms with Gasteiger partial charge in [-0.3, -0.25) is 9.59 Å². The van der Waals surface area contributed by atoms with E-state index in [1.165, 1.54) is 5.56 Å². The zero-order valence-corrected chi connectivity index (χ0v) is 15.9. The van der Waals surface area contributed by atoms with Gasteiger partial charge < -0.3 is 15.0 Å². The maximum absolute atomic E-state index is 12.4. The van der Waals surface area contributed by atoms with Crippen molar-refractivity contribution >= 4 is 17.5 Å². The Labute approximate surface area is 160 Å². The number of rotatable bonds is 7. The third kappa shape index (κ3) is 4.67. The highest BCUT2D eigenvalue weighted by Crippen LogP contribution is 2.25. The van der Waals surface area contributed by atoms with Crippen molar-refractivity contribution in [2.75, 3.05) is 25.1 Å². The molecule has 0 radical (unpaired) electrons. The quantitative estimate of drug-likeness (QED) is 0.820. The molecule has 2 aromatic carbocycles. The first-order valence-corrected chi connectivity index (χ1v) is 9.40. The van der Waals surface area contributed by atoms with Crippen LogP contribution < -0.4 is 15.0 Å². The monoisotopic (exact) mass is 366 g/mol. The highest BCUT2D eigenvalue weighted by atomic mass is 16.5. The second kappa shape index (κ2) is 8.71. The predicted octanol–water partition coefficient (Wildman–Crippen LogP) is 2.97. The number of hydrogen-bond donors (Lipinski definition) is 1. The van der Waals surface area contributed by atoms with E-state index >= 15 is 0 Å². The lowest BCUT2D eigenvalue weighted by atomic mass is 10.1. The number of benzene rings is 2. The molecule has 1 fully saturated rings. The number of nitrogens with one attached hydrogen (secondary N) is 1. The van der Waals surface area contributed by atoms with Gasteiger partial charge in [-0.2, -0.15) is 0 Å². The van der Waals surface area contributed by atoms with Crippen LogP contribution in [0, 0.1) is 5.92 Å². The topological polar surface area (TPSA) is 58.6 Å². The molecule has 5 nitrogen and oxygen atoms in total. The average Bonchev–Trinajstić information content (AvgIpc) is 3.10. The number of methoxy groups -OCH3 is 1. The summed E-state index contributed by atoms with van der Waals surface area (Å²) in [5.41, 5.74) is 3.24. The van der Waals surface area contributed by atoms with Crippen LogP contribution in [0.1, 0.15) is 24.5 Å². The lowest BCUT2D eigenvalue weighted by Gasteiger charge is -2.17. The van der Waals surface area contributed by atoms with Gasteiger partial charge in [-0.15, -0.1) is 0 Å². The third-order valence-electron chi connectivity index (χ3n) is 5.02. The molecule has 27 heavy (non-hydrogen) atoms. The Bertz CT molecular complexity index is 784. The van der Waals surface area contributed by atoms with Crippen LogP contribution in [0.2, 0.25) is 0 Å². The van der Waals surface area contributed by atoms with E-state index < -0.39 is 0 Å². The fourth-order valence-electron chi connectivity index (χ4n) is 3.31. The standard InChI is InChI=1S/C22H26N2O3/c1-3-16-4-8-19(9-5-16)24-15-18(14-21(24)25)22(26)23-13-12-17-6-10-20(27-2)11-7-17/h4-11,18H,3,12-15H2,1-2H3,(H,23,26)/t18-/m0/s1. The number of carbonyl (C=O) groups is 2. The number of amides is 2. The lowest BCUT2D eigenvalue weighted by Crippen LogP contribution is -2.34. The van der Waals surface area contributed by atoms with Gasteiger partial charge in [-0.05, 0) is 48.2 Å². The molecule has 0 spiro atoms. The van der Waals surface area contributed by atoms with E-state index in [0.29, 0.717) is 13.1 Å². The van der Waals surface area contributed by atoms with Gasteiger partial charge in [0, 0.05) is 25.2 Å². The lowest BCUT2D eigenvalue weighted by molar-refractivity contribution is -0.126. The molecule has 0 aliphatic carbocycles. The minimum absolute atomic E-state index is 0.00885. The summed E-state index contributed by atoms with van der Waals surface area (Å²) in [5.74, 6) is 0.484. The molecule has 1 heterocycles. The molecule has 1 atom stereocenters. The van der Waals surface area contributed by atoms with E-state index in [-0.39, 0.29) is 24.2 Å². The SMILES string of the molecule is CCc1ccc(N2C[C@@H](C(=O)NCCc3ccc(OC)cc3)CC2=O)cc1. The predicted molar refractivity (Wildman–Crippen MR) is 106 cm³/mol. The van der Waals surface area contributed by atoms with Crippen LogP contribution in [0.5, 0.6) is 5.75 Å². The van der Waals surface area contributed by atoms with Crippen molar-refractivity contribution in [2.24, 2.45) is 5.92 Å². The van der Waals surface area contributed by atoms with E-state index in [4.69, 9.17) is 4.74 Å². The van der Waals surface area contributed by atoms with Crippen molar-refractivity contribution in [3.8, 4) is 5.75 Å². The Balaban J connectivity index is 1.50. The Kier molecular flexibility index (Phi) is 6.12. The number of hydrogen-bond acceptors (Lipinski definition) is 3. The second-order valence-electron chi connectivity index (χ2n) is 6.81. The van der Waals surface area contributed by atoms with Crippen molar-refractivity contribution in [3.63, 3.8) is 0 Å².